The molecule has 2 aromatic heterocycles. The monoisotopic (exact) mass is 495 g/mol. The Morgan fingerprint density at radius 2 is 2.08 bits per heavy atom. The second-order valence-electron chi connectivity index (χ2n) is 8.64. The molecular weight excluding hydrogens is 466 g/mol. The highest BCUT2D eigenvalue weighted by Crippen LogP contribution is 2.32. The molecule has 3 aromatic rings. The average Bonchev–Trinajstić information content (AvgIpc) is 3.44. The lowest BCUT2D eigenvalue weighted by Crippen LogP contribution is -2.53. The number of carbonyl (C=O) groups is 1. The number of hydrogen-bond acceptors (Lipinski definition) is 10. The van der Waals surface area contributed by atoms with Crippen LogP contribution in [-0.4, -0.2) is 87.2 Å². The number of rotatable bonds is 9. The second kappa shape index (κ2) is 10.9. The lowest BCUT2D eigenvalue weighted by molar-refractivity contribution is -0.124. The molecule has 1 saturated heterocycles. The molecule has 0 radical (unpaired) electrons. The van der Waals surface area contributed by atoms with Crippen LogP contribution in [0.1, 0.15) is 11.8 Å². The summed E-state index contributed by atoms with van der Waals surface area (Å²) in [5, 5.41) is 23.7. The Kier molecular flexibility index (Phi) is 7.66. The fourth-order valence-corrected chi connectivity index (χ4v) is 4.12. The maximum atomic E-state index is 12.9. The van der Waals surface area contributed by atoms with Crippen LogP contribution in [0.4, 0.5) is 5.82 Å². The molecule has 1 amide bonds. The maximum absolute atomic E-state index is 12.9. The van der Waals surface area contributed by atoms with Gasteiger partial charge in [-0.3, -0.25) is 9.36 Å². The number of nitrogens with one attached hydrogen (secondary N) is 1. The summed E-state index contributed by atoms with van der Waals surface area (Å²) in [6.45, 7) is -0.254. The van der Waals surface area contributed by atoms with Gasteiger partial charge in [-0.15, -0.1) is 6.42 Å². The molecule has 0 unspecified atom stereocenters. The molecule has 12 heteroatoms. The zero-order valence-electron chi connectivity index (χ0n) is 20.0. The van der Waals surface area contributed by atoms with Crippen molar-refractivity contribution in [3.63, 3.8) is 0 Å². The van der Waals surface area contributed by atoms with Gasteiger partial charge in [0.1, 0.15) is 30.9 Å². The molecule has 1 aromatic carbocycles. The van der Waals surface area contributed by atoms with Crippen LogP contribution in [0.25, 0.3) is 11.2 Å². The highest BCUT2D eigenvalue weighted by atomic mass is 16.5. The fraction of sp³-hybridized carbons (Fsp3) is 0.417. The Morgan fingerprint density at radius 3 is 2.75 bits per heavy atom. The molecule has 0 bridgehead atoms. The van der Waals surface area contributed by atoms with E-state index in [2.05, 4.69) is 26.2 Å². The minimum absolute atomic E-state index is 0.165. The normalized spacial score (nSPS) is 22.2. The molecule has 0 saturated carbocycles. The number of carbonyl (C=O) groups excluding carboxylic acids is 1. The summed E-state index contributed by atoms with van der Waals surface area (Å²) < 4.78 is 12.8. The van der Waals surface area contributed by atoms with Crippen LogP contribution in [0.15, 0.2) is 36.9 Å². The summed E-state index contributed by atoms with van der Waals surface area (Å²) in [5.74, 6) is 3.14. The predicted octanol–water partition coefficient (Wildman–Crippen LogP) is -0.790. The van der Waals surface area contributed by atoms with E-state index in [0.29, 0.717) is 22.7 Å². The van der Waals surface area contributed by atoms with Crippen molar-refractivity contribution in [3.8, 4) is 18.1 Å². The lowest BCUT2D eigenvalue weighted by atomic mass is 10.0. The van der Waals surface area contributed by atoms with Crippen molar-refractivity contribution >= 4 is 22.9 Å². The lowest BCUT2D eigenvalue weighted by Gasteiger charge is -2.23. The van der Waals surface area contributed by atoms with E-state index in [4.69, 9.17) is 21.6 Å². The molecule has 5 atom stereocenters. The SMILES string of the molecule is C#CCOc1ccc(C[C@@H](N)C(=O)N[C@@H]2[C@H](O)[C@@H](n3cnc4c(N(C)C)ncnc43)O[C@H]2CO)cc1. The summed E-state index contributed by atoms with van der Waals surface area (Å²) in [4.78, 5) is 27.5. The molecule has 4 rings (SSSR count). The van der Waals surface area contributed by atoms with Gasteiger partial charge in [-0.05, 0) is 24.1 Å². The van der Waals surface area contributed by atoms with Crippen LogP contribution in [0, 0.1) is 12.3 Å². The third-order valence-corrected chi connectivity index (χ3v) is 5.94. The smallest absolute Gasteiger partial charge is 0.237 e. The maximum Gasteiger partial charge on any atom is 0.237 e. The molecule has 1 aliphatic rings. The number of ether oxygens (including phenoxy) is 2. The molecule has 3 heterocycles. The Hall–Kier alpha value is -3.76. The van der Waals surface area contributed by atoms with E-state index < -0.39 is 43.0 Å². The summed E-state index contributed by atoms with van der Waals surface area (Å²) in [7, 11) is 3.67. The number of anilines is 1. The van der Waals surface area contributed by atoms with Crippen molar-refractivity contribution in [2.24, 2.45) is 5.73 Å². The van der Waals surface area contributed by atoms with Crippen molar-refractivity contribution in [2.75, 3.05) is 32.2 Å². The van der Waals surface area contributed by atoms with Gasteiger partial charge in [-0.1, -0.05) is 18.1 Å². The standard InChI is InChI=1S/C24H29N7O5/c1-4-9-35-15-7-5-14(6-8-15)10-16(25)23(34)29-18-17(11-32)36-24(20(18)33)31-13-28-19-21(30(2)3)26-12-27-22(19)31/h1,5-8,12-13,16-18,20,24,32-33H,9-11,25H2,2-3H3,(H,29,34)/t16-,17+,18+,20+,24+/m1/s1. The van der Waals surface area contributed by atoms with E-state index in [1.165, 1.54) is 12.7 Å². The number of nitrogens with zero attached hydrogens (tertiary/aromatic N) is 5. The largest absolute Gasteiger partial charge is 0.481 e. The second-order valence-corrected chi connectivity index (χ2v) is 8.64. The molecular formula is C24H29N7O5. The summed E-state index contributed by atoms with van der Waals surface area (Å²) in [6.07, 6.45) is 5.34. The van der Waals surface area contributed by atoms with Crippen LogP contribution in [0.2, 0.25) is 0 Å². The minimum Gasteiger partial charge on any atom is -0.481 e. The number of amides is 1. The molecule has 0 spiro atoms. The van der Waals surface area contributed by atoms with Crippen molar-refractivity contribution in [3.05, 3.63) is 42.5 Å². The summed E-state index contributed by atoms with van der Waals surface area (Å²) >= 11 is 0. The van der Waals surface area contributed by atoms with E-state index in [-0.39, 0.29) is 13.0 Å². The number of terminal acetylenes is 1. The fourth-order valence-electron chi connectivity index (χ4n) is 4.12. The highest BCUT2D eigenvalue weighted by molar-refractivity contribution is 5.83. The van der Waals surface area contributed by atoms with Gasteiger partial charge in [0.2, 0.25) is 5.91 Å². The van der Waals surface area contributed by atoms with Crippen molar-refractivity contribution in [2.45, 2.75) is 36.9 Å². The first-order valence-electron chi connectivity index (χ1n) is 11.3. The van der Waals surface area contributed by atoms with Gasteiger partial charge in [0, 0.05) is 14.1 Å². The van der Waals surface area contributed by atoms with Crippen LogP contribution < -0.4 is 20.7 Å². The van der Waals surface area contributed by atoms with Crippen LogP contribution in [0.5, 0.6) is 5.75 Å². The van der Waals surface area contributed by atoms with Crippen LogP contribution >= 0.6 is 0 Å². The third-order valence-electron chi connectivity index (χ3n) is 5.94. The number of nitrogens with two attached hydrogens (primary N) is 1. The van der Waals surface area contributed by atoms with Crippen LogP contribution in [-0.2, 0) is 16.0 Å². The molecule has 1 aliphatic heterocycles. The van der Waals surface area contributed by atoms with Gasteiger partial charge < -0.3 is 35.6 Å². The summed E-state index contributed by atoms with van der Waals surface area (Å²) in [5.41, 5.74) is 7.94. The van der Waals surface area contributed by atoms with Crippen molar-refractivity contribution in [1.29, 1.82) is 0 Å². The Balaban J connectivity index is 1.45. The molecule has 36 heavy (non-hydrogen) atoms. The van der Waals surface area contributed by atoms with Crippen molar-refractivity contribution in [1.82, 2.24) is 24.8 Å². The first-order valence-corrected chi connectivity index (χ1v) is 11.3. The number of imidazole rings is 1. The van der Waals surface area contributed by atoms with Gasteiger partial charge in [0.25, 0.3) is 0 Å². The van der Waals surface area contributed by atoms with E-state index >= 15 is 0 Å². The first-order chi connectivity index (χ1) is 17.3. The zero-order chi connectivity index (χ0) is 25.8. The Bertz CT molecular complexity index is 1240. The van der Waals surface area contributed by atoms with Gasteiger partial charge in [0.15, 0.2) is 23.2 Å². The van der Waals surface area contributed by atoms with E-state index in [1.807, 2.05) is 14.1 Å². The van der Waals surface area contributed by atoms with Gasteiger partial charge in [0.05, 0.1) is 25.0 Å². The zero-order valence-corrected chi connectivity index (χ0v) is 20.0. The molecule has 1 fully saturated rings. The number of hydrogen-bond donors (Lipinski definition) is 4. The Morgan fingerprint density at radius 1 is 1.33 bits per heavy atom. The van der Waals surface area contributed by atoms with Gasteiger partial charge in [-0.25, -0.2) is 15.0 Å². The van der Waals surface area contributed by atoms with Gasteiger partial charge >= 0.3 is 0 Å². The number of aromatic nitrogens is 4. The minimum atomic E-state index is -1.19. The van der Waals surface area contributed by atoms with Gasteiger partial charge in [-0.2, -0.15) is 0 Å². The molecule has 190 valence electrons. The first kappa shape index (κ1) is 25.3. The quantitative estimate of drug-likeness (QED) is 0.277. The van der Waals surface area contributed by atoms with E-state index in [9.17, 15) is 15.0 Å². The average molecular weight is 496 g/mol. The molecule has 12 nitrogen and oxygen atoms in total. The van der Waals surface area contributed by atoms with E-state index in [1.54, 1.807) is 33.7 Å². The van der Waals surface area contributed by atoms with E-state index in [0.717, 1.165) is 5.56 Å². The highest BCUT2D eigenvalue weighted by Gasteiger charge is 2.46. The topological polar surface area (TPSA) is 161 Å². The molecule has 0 aliphatic carbocycles. The molecule has 5 N–H and O–H groups in total. The summed E-state index contributed by atoms with van der Waals surface area (Å²) in [6, 6.07) is 5.31. The number of fused-ring (bicyclic) bond motifs is 1. The number of aliphatic hydroxyl groups excluding tert-OH is 2. The number of benzene rings is 1. The van der Waals surface area contributed by atoms with Crippen molar-refractivity contribution < 1.29 is 24.5 Å². The predicted molar refractivity (Wildman–Crippen MR) is 131 cm³/mol. The van der Waals surface area contributed by atoms with Crippen LogP contribution in [0.3, 0.4) is 0 Å². The third kappa shape index (κ3) is 5.09. The Labute approximate surface area is 208 Å². The number of aliphatic hydroxyl groups is 2.